The molecule has 130 valence electrons. The predicted molar refractivity (Wildman–Crippen MR) is 87.4 cm³/mol. The molecule has 1 aliphatic heterocycles. The third-order valence-corrected chi connectivity index (χ3v) is 3.64. The van der Waals surface area contributed by atoms with Gasteiger partial charge >= 0.3 is 5.97 Å². The zero-order valence-electron chi connectivity index (χ0n) is 13.6. The van der Waals surface area contributed by atoms with Gasteiger partial charge in [0.15, 0.2) is 5.76 Å². The summed E-state index contributed by atoms with van der Waals surface area (Å²) in [5, 5.41) is 5.25. The van der Waals surface area contributed by atoms with Gasteiger partial charge in [0.05, 0.1) is 18.6 Å². The van der Waals surface area contributed by atoms with Crippen LogP contribution < -0.4 is 15.4 Å². The van der Waals surface area contributed by atoms with Gasteiger partial charge in [0.1, 0.15) is 5.75 Å². The van der Waals surface area contributed by atoms with Gasteiger partial charge in [0, 0.05) is 11.8 Å². The molecule has 1 aromatic heterocycles. The zero-order chi connectivity index (χ0) is 18.0. The summed E-state index contributed by atoms with van der Waals surface area (Å²) in [6.07, 6.45) is 1.39. The second kappa shape index (κ2) is 6.31. The molecule has 0 aliphatic carbocycles. The highest BCUT2D eigenvalue weighted by Crippen LogP contribution is 2.36. The minimum atomic E-state index is -1.80. The van der Waals surface area contributed by atoms with E-state index >= 15 is 0 Å². The lowest BCUT2D eigenvalue weighted by Gasteiger charge is -2.32. The first kappa shape index (κ1) is 16.6. The van der Waals surface area contributed by atoms with Gasteiger partial charge in [-0.2, -0.15) is 0 Å². The number of nitrogens with one attached hydrogen (secondary N) is 2. The monoisotopic (exact) mass is 344 g/mol. The molecule has 2 aromatic rings. The molecule has 0 saturated heterocycles. The molecule has 1 aliphatic rings. The van der Waals surface area contributed by atoms with Crippen LogP contribution in [0.4, 0.5) is 11.4 Å². The van der Waals surface area contributed by atoms with Crippen molar-refractivity contribution in [3.05, 3.63) is 42.4 Å². The molecule has 1 atom stereocenters. The molecule has 3 rings (SSSR count). The Morgan fingerprint density at radius 1 is 1.32 bits per heavy atom. The van der Waals surface area contributed by atoms with E-state index in [1.807, 2.05) is 0 Å². The SMILES string of the molecule is CCOC(=O)[C@]1(C)Oc2cc(NC(=O)c3ccco3)ccc2NC1=O. The molecule has 0 unspecified atom stereocenters. The predicted octanol–water partition coefficient (Wildman–Crippen LogP) is 2.18. The maximum absolute atomic E-state index is 12.2. The van der Waals surface area contributed by atoms with Crippen molar-refractivity contribution in [2.24, 2.45) is 0 Å². The number of hydrogen-bond donors (Lipinski definition) is 2. The number of benzene rings is 1. The maximum Gasteiger partial charge on any atom is 0.360 e. The second-order valence-corrected chi connectivity index (χ2v) is 5.45. The summed E-state index contributed by atoms with van der Waals surface area (Å²) in [6, 6.07) is 7.80. The van der Waals surface area contributed by atoms with Gasteiger partial charge in [-0.25, -0.2) is 4.79 Å². The summed E-state index contributed by atoms with van der Waals surface area (Å²) in [5.41, 5.74) is -0.989. The maximum atomic E-state index is 12.2. The van der Waals surface area contributed by atoms with Crippen molar-refractivity contribution in [1.82, 2.24) is 0 Å². The largest absolute Gasteiger partial charge is 0.464 e. The highest BCUT2D eigenvalue weighted by Gasteiger charge is 2.48. The number of fused-ring (bicyclic) bond motifs is 1. The van der Waals surface area contributed by atoms with Crippen molar-refractivity contribution in [2.45, 2.75) is 19.4 Å². The van der Waals surface area contributed by atoms with Gasteiger partial charge in [0.2, 0.25) is 0 Å². The highest BCUT2D eigenvalue weighted by atomic mass is 16.6. The van der Waals surface area contributed by atoms with Gasteiger partial charge in [-0.3, -0.25) is 9.59 Å². The van der Waals surface area contributed by atoms with E-state index in [0.29, 0.717) is 11.4 Å². The van der Waals surface area contributed by atoms with Gasteiger partial charge in [-0.1, -0.05) is 0 Å². The van der Waals surface area contributed by atoms with Crippen LogP contribution in [-0.4, -0.2) is 30.0 Å². The summed E-state index contributed by atoms with van der Waals surface area (Å²) in [7, 11) is 0. The number of esters is 1. The average molecular weight is 344 g/mol. The van der Waals surface area contributed by atoms with Crippen molar-refractivity contribution in [2.75, 3.05) is 17.2 Å². The molecule has 2 N–H and O–H groups in total. The first-order valence-corrected chi connectivity index (χ1v) is 7.60. The van der Waals surface area contributed by atoms with Crippen LogP contribution in [-0.2, 0) is 14.3 Å². The first-order valence-electron chi connectivity index (χ1n) is 7.60. The Hall–Kier alpha value is -3.29. The number of ether oxygens (including phenoxy) is 2. The lowest BCUT2D eigenvalue weighted by Crippen LogP contribution is -2.55. The van der Waals surface area contributed by atoms with E-state index in [2.05, 4.69) is 10.6 Å². The molecule has 0 saturated carbocycles. The molecule has 8 nitrogen and oxygen atoms in total. The topological polar surface area (TPSA) is 107 Å². The lowest BCUT2D eigenvalue weighted by molar-refractivity contribution is -0.165. The highest BCUT2D eigenvalue weighted by molar-refractivity contribution is 6.14. The van der Waals surface area contributed by atoms with Crippen LogP contribution in [0.5, 0.6) is 5.75 Å². The van der Waals surface area contributed by atoms with Crippen LogP contribution in [0.15, 0.2) is 41.0 Å². The number of carbonyl (C=O) groups excluding carboxylic acids is 3. The van der Waals surface area contributed by atoms with E-state index in [1.165, 1.54) is 25.3 Å². The standard InChI is InChI=1S/C17H16N2O6/c1-3-23-16(22)17(2)15(21)19-11-7-6-10(9-13(11)25-17)18-14(20)12-5-4-8-24-12/h4-9H,3H2,1-2H3,(H,18,20)(H,19,21)/t17-/m1/s1. The van der Waals surface area contributed by atoms with E-state index in [9.17, 15) is 14.4 Å². The van der Waals surface area contributed by atoms with E-state index in [-0.39, 0.29) is 18.1 Å². The Balaban J connectivity index is 1.84. The Morgan fingerprint density at radius 2 is 2.12 bits per heavy atom. The average Bonchev–Trinajstić information content (AvgIpc) is 3.11. The van der Waals surface area contributed by atoms with Crippen LogP contribution in [0.25, 0.3) is 0 Å². The van der Waals surface area contributed by atoms with Crippen LogP contribution in [0, 0.1) is 0 Å². The molecule has 0 radical (unpaired) electrons. The Bertz CT molecular complexity index is 830. The minimum absolute atomic E-state index is 0.122. The summed E-state index contributed by atoms with van der Waals surface area (Å²) >= 11 is 0. The molecule has 2 heterocycles. The van der Waals surface area contributed by atoms with Gasteiger partial charge < -0.3 is 24.5 Å². The molecule has 0 bridgehead atoms. The second-order valence-electron chi connectivity index (χ2n) is 5.45. The van der Waals surface area contributed by atoms with Gasteiger partial charge in [-0.05, 0) is 38.1 Å². The Morgan fingerprint density at radius 3 is 2.80 bits per heavy atom. The number of anilines is 2. The first-order chi connectivity index (χ1) is 11.9. The lowest BCUT2D eigenvalue weighted by atomic mass is 10.0. The summed E-state index contributed by atoms with van der Waals surface area (Å²) < 4.78 is 15.5. The van der Waals surface area contributed by atoms with Crippen molar-refractivity contribution in [3.8, 4) is 5.75 Å². The number of hydrogen-bond acceptors (Lipinski definition) is 6. The van der Waals surface area contributed by atoms with Crippen molar-refractivity contribution >= 4 is 29.2 Å². The van der Waals surface area contributed by atoms with Gasteiger partial charge in [-0.15, -0.1) is 0 Å². The fourth-order valence-corrected chi connectivity index (χ4v) is 2.30. The normalized spacial score (nSPS) is 18.6. The van der Waals surface area contributed by atoms with Crippen LogP contribution >= 0.6 is 0 Å². The van der Waals surface area contributed by atoms with Crippen molar-refractivity contribution in [1.29, 1.82) is 0 Å². The van der Waals surface area contributed by atoms with Crippen molar-refractivity contribution < 1.29 is 28.3 Å². The molecule has 1 aromatic carbocycles. The van der Waals surface area contributed by atoms with E-state index < -0.39 is 23.4 Å². The number of rotatable bonds is 4. The van der Waals surface area contributed by atoms with Crippen molar-refractivity contribution in [3.63, 3.8) is 0 Å². The number of amides is 2. The molecular formula is C17H16N2O6. The minimum Gasteiger partial charge on any atom is -0.464 e. The van der Waals surface area contributed by atoms with E-state index in [0.717, 1.165) is 0 Å². The third kappa shape index (κ3) is 3.06. The molecule has 25 heavy (non-hydrogen) atoms. The van der Waals surface area contributed by atoms with Crippen LogP contribution in [0.2, 0.25) is 0 Å². The van der Waals surface area contributed by atoms with Crippen LogP contribution in [0.1, 0.15) is 24.4 Å². The fourth-order valence-electron chi connectivity index (χ4n) is 2.30. The number of carbonyl (C=O) groups is 3. The Labute approximate surface area is 143 Å². The summed E-state index contributed by atoms with van der Waals surface area (Å²) in [5.74, 6) is -1.44. The smallest absolute Gasteiger partial charge is 0.360 e. The Kier molecular flexibility index (Phi) is 4.18. The molecule has 8 heteroatoms. The molecule has 2 amide bonds. The van der Waals surface area contributed by atoms with E-state index in [1.54, 1.807) is 25.1 Å². The third-order valence-electron chi connectivity index (χ3n) is 3.64. The molecular weight excluding hydrogens is 328 g/mol. The van der Waals surface area contributed by atoms with Crippen LogP contribution in [0.3, 0.4) is 0 Å². The quantitative estimate of drug-likeness (QED) is 0.650. The molecule has 0 spiro atoms. The zero-order valence-corrected chi connectivity index (χ0v) is 13.6. The van der Waals surface area contributed by atoms with Gasteiger partial charge in [0.25, 0.3) is 17.4 Å². The molecule has 0 fully saturated rings. The van der Waals surface area contributed by atoms with E-state index in [4.69, 9.17) is 13.9 Å². The fraction of sp³-hybridized carbons (Fsp3) is 0.235. The summed E-state index contributed by atoms with van der Waals surface area (Å²) in [4.78, 5) is 36.3. The number of furan rings is 1. The summed E-state index contributed by atoms with van der Waals surface area (Å²) in [6.45, 7) is 3.09.